The van der Waals surface area contributed by atoms with Crippen molar-refractivity contribution in [2.45, 2.75) is 78.1 Å². The third kappa shape index (κ3) is 7.36. The highest BCUT2D eigenvalue weighted by atomic mass is 32.1. The monoisotopic (exact) mass is 960 g/mol. The van der Waals surface area contributed by atoms with Crippen molar-refractivity contribution in [3.05, 3.63) is 193 Å². The lowest BCUT2D eigenvalue weighted by molar-refractivity contribution is 0.651. The van der Waals surface area contributed by atoms with Crippen molar-refractivity contribution >= 4 is 138 Å². The highest BCUT2D eigenvalue weighted by Gasteiger charge is 2.19. The smallest absolute Gasteiger partial charge is 0.0362 e. The van der Waals surface area contributed by atoms with E-state index in [-0.39, 0.29) is 0 Å². The van der Waals surface area contributed by atoms with E-state index in [9.17, 15) is 0 Å². The quantitative estimate of drug-likeness (QED) is 0.0650. The van der Waals surface area contributed by atoms with Crippen LogP contribution in [0.2, 0.25) is 0 Å². The van der Waals surface area contributed by atoms with Gasteiger partial charge in [0.05, 0.1) is 0 Å². The van der Waals surface area contributed by atoms with E-state index in [1.54, 1.807) is 11.1 Å². The van der Waals surface area contributed by atoms with Gasteiger partial charge in [0.2, 0.25) is 0 Å². The molecule has 0 saturated carbocycles. The number of thiophene rings is 2. The molecule has 0 fully saturated rings. The van der Waals surface area contributed by atoms with Crippen LogP contribution in [0.25, 0.3) is 138 Å². The molecule has 0 radical (unpaired) electrons. The Balaban J connectivity index is 0.958. The number of hydrogen-bond donors (Lipinski definition) is 0. The lowest BCUT2D eigenvalue weighted by Gasteiger charge is -2.17. The second-order valence-corrected chi connectivity index (χ2v) is 22.8. The van der Waals surface area contributed by atoms with E-state index in [0.717, 1.165) is 12.8 Å². The van der Waals surface area contributed by atoms with Crippen molar-refractivity contribution in [1.82, 2.24) is 0 Å². The van der Waals surface area contributed by atoms with Crippen LogP contribution in [0, 0.1) is 0 Å². The SMILES string of the molecule is CCCCCCc1cc2c3cc(-c4ccc5sc6ccc(-c7ccc8ccc9ccccc9c8c7)cc6c5c4)ccc3c3cc4sc5ccc6cc7ccccc7cc6c5c4cc3c2cc1CCCCCC. The summed E-state index contributed by atoms with van der Waals surface area (Å²) in [6.07, 6.45) is 12.5. The van der Waals surface area contributed by atoms with Gasteiger partial charge in [0.15, 0.2) is 0 Å². The molecule has 0 unspecified atom stereocenters. The fourth-order valence-corrected chi connectivity index (χ4v) is 14.6. The first kappa shape index (κ1) is 43.7. The van der Waals surface area contributed by atoms with Gasteiger partial charge in [-0.3, -0.25) is 0 Å². The lowest BCUT2D eigenvalue weighted by atomic mass is 9.87. The summed E-state index contributed by atoms with van der Waals surface area (Å²) in [6, 6.07) is 70.6. The molecule has 0 aliphatic carbocycles. The number of hydrogen-bond acceptors (Lipinski definition) is 2. The molecule has 0 atom stereocenters. The van der Waals surface area contributed by atoms with Gasteiger partial charge in [0, 0.05) is 40.3 Å². The summed E-state index contributed by atoms with van der Waals surface area (Å²) in [5, 5.41) is 24.1. The molecular weight excluding hydrogens is 905 g/mol. The number of rotatable bonds is 12. The van der Waals surface area contributed by atoms with Crippen molar-refractivity contribution in [3.8, 4) is 22.3 Å². The van der Waals surface area contributed by atoms with Crippen LogP contribution >= 0.6 is 22.7 Å². The predicted molar refractivity (Wildman–Crippen MR) is 321 cm³/mol. The van der Waals surface area contributed by atoms with Crippen molar-refractivity contribution in [2.24, 2.45) is 0 Å². The van der Waals surface area contributed by atoms with E-state index in [0.29, 0.717) is 0 Å². The van der Waals surface area contributed by atoms with Gasteiger partial charge in [0.25, 0.3) is 0 Å². The zero-order valence-corrected chi connectivity index (χ0v) is 42.8. The first-order valence-corrected chi connectivity index (χ1v) is 28.2. The Bertz CT molecular complexity index is 4480. The lowest BCUT2D eigenvalue weighted by Crippen LogP contribution is -1.98. The van der Waals surface area contributed by atoms with E-state index < -0.39 is 0 Å². The highest BCUT2D eigenvalue weighted by Crippen LogP contribution is 2.47. The summed E-state index contributed by atoms with van der Waals surface area (Å²) in [5.74, 6) is 0. The zero-order valence-electron chi connectivity index (χ0n) is 41.2. The minimum atomic E-state index is 1.14. The minimum absolute atomic E-state index is 1.14. The second-order valence-electron chi connectivity index (χ2n) is 20.6. The van der Waals surface area contributed by atoms with E-state index in [1.807, 2.05) is 22.7 Å². The topological polar surface area (TPSA) is 0 Å². The van der Waals surface area contributed by atoms with E-state index in [2.05, 4.69) is 196 Å². The van der Waals surface area contributed by atoms with Crippen LogP contribution in [0.3, 0.4) is 0 Å². The molecule has 12 aromatic carbocycles. The summed E-state index contributed by atoms with van der Waals surface area (Å²) < 4.78 is 5.39. The van der Waals surface area contributed by atoms with Gasteiger partial charge in [0.1, 0.15) is 0 Å². The fraction of sp³-hybridized carbons (Fsp3) is 0.171. The summed E-state index contributed by atoms with van der Waals surface area (Å²) in [6.45, 7) is 4.65. The second kappa shape index (κ2) is 17.9. The standard InChI is InChI=1S/C70H56S2/c1-3-5-7-9-16-47-36-59-58-38-50(52-27-31-67-64(40-52)63-39-51(26-30-66(63)71-67)49-24-23-44-22-21-43-15-13-14-20-54(43)56(44)34-49)25-29-55(58)62-42-69-65(41-61(62)60(59)37-48(47)17-10-8-6-4-2)70-57-35-46-19-12-11-18-45(46)33-53(57)28-32-68(70)72-69/h11-15,18-42H,3-10,16-17H2,1-2H3. The molecule has 0 saturated heterocycles. The molecule has 72 heavy (non-hydrogen) atoms. The predicted octanol–water partition coefficient (Wildman–Crippen LogP) is 22.1. The van der Waals surface area contributed by atoms with Crippen LogP contribution in [-0.2, 0) is 12.8 Å². The van der Waals surface area contributed by atoms with Crippen molar-refractivity contribution in [3.63, 3.8) is 0 Å². The number of aryl methyl sites for hydroxylation is 2. The molecule has 0 N–H and O–H groups in total. The Labute approximate surface area is 429 Å². The van der Waals surface area contributed by atoms with E-state index >= 15 is 0 Å². The van der Waals surface area contributed by atoms with Gasteiger partial charge in [-0.05, 0) is 201 Å². The maximum atomic E-state index is 2.65. The Morgan fingerprint density at radius 3 is 1.43 bits per heavy atom. The van der Waals surface area contributed by atoms with Crippen LogP contribution in [0.15, 0.2) is 182 Å². The van der Waals surface area contributed by atoms with Crippen LogP contribution in [-0.4, -0.2) is 0 Å². The van der Waals surface area contributed by atoms with Crippen LogP contribution in [0.4, 0.5) is 0 Å². The van der Waals surface area contributed by atoms with Gasteiger partial charge in [-0.1, -0.05) is 168 Å². The molecule has 14 aromatic rings. The molecule has 2 aromatic heterocycles. The average Bonchev–Trinajstić information content (AvgIpc) is 3.99. The normalized spacial score (nSPS) is 12.3. The molecule has 0 nitrogen and oxygen atoms in total. The molecular formula is C70H56S2. The summed E-state index contributed by atoms with van der Waals surface area (Å²) in [7, 11) is 0. The molecule has 0 aliphatic heterocycles. The number of fused-ring (bicyclic) bond motifs is 18. The fourth-order valence-electron chi connectivity index (χ4n) is 12.4. The molecule has 0 bridgehead atoms. The molecule has 0 amide bonds. The third-order valence-corrected chi connectivity index (χ3v) is 18.4. The maximum Gasteiger partial charge on any atom is 0.0362 e. The maximum absolute atomic E-state index is 2.65. The van der Waals surface area contributed by atoms with E-state index in [4.69, 9.17) is 0 Å². The highest BCUT2D eigenvalue weighted by molar-refractivity contribution is 7.26. The molecule has 14 rings (SSSR count). The van der Waals surface area contributed by atoms with Crippen molar-refractivity contribution in [2.75, 3.05) is 0 Å². The van der Waals surface area contributed by atoms with Crippen molar-refractivity contribution < 1.29 is 0 Å². The minimum Gasteiger partial charge on any atom is -0.135 e. The average molecular weight is 961 g/mol. The molecule has 2 heterocycles. The Hall–Kier alpha value is -7.10. The zero-order chi connectivity index (χ0) is 47.9. The van der Waals surface area contributed by atoms with Gasteiger partial charge < -0.3 is 0 Å². The van der Waals surface area contributed by atoms with Crippen LogP contribution in [0.1, 0.15) is 76.3 Å². The Kier molecular flexibility index (Phi) is 10.8. The Morgan fingerprint density at radius 2 is 0.750 bits per heavy atom. The summed E-state index contributed by atoms with van der Waals surface area (Å²) in [5.41, 5.74) is 8.18. The molecule has 0 aliphatic rings. The number of unbranched alkanes of at least 4 members (excludes halogenated alkanes) is 6. The molecule has 2 heteroatoms. The Morgan fingerprint density at radius 1 is 0.264 bits per heavy atom. The largest absolute Gasteiger partial charge is 0.135 e. The van der Waals surface area contributed by atoms with E-state index in [1.165, 1.54) is 189 Å². The number of benzene rings is 12. The van der Waals surface area contributed by atoms with Crippen molar-refractivity contribution in [1.29, 1.82) is 0 Å². The molecule has 0 spiro atoms. The summed E-state index contributed by atoms with van der Waals surface area (Å²) >= 11 is 3.85. The first-order valence-electron chi connectivity index (χ1n) is 26.6. The molecule has 348 valence electrons. The summed E-state index contributed by atoms with van der Waals surface area (Å²) in [4.78, 5) is 0. The van der Waals surface area contributed by atoms with Gasteiger partial charge >= 0.3 is 0 Å². The van der Waals surface area contributed by atoms with Gasteiger partial charge in [-0.25, -0.2) is 0 Å². The first-order chi connectivity index (χ1) is 35.6. The van der Waals surface area contributed by atoms with Crippen LogP contribution < -0.4 is 0 Å². The third-order valence-electron chi connectivity index (χ3n) is 16.2. The van der Waals surface area contributed by atoms with Crippen LogP contribution in [0.5, 0.6) is 0 Å². The van der Waals surface area contributed by atoms with Gasteiger partial charge in [-0.2, -0.15) is 0 Å². The van der Waals surface area contributed by atoms with Gasteiger partial charge in [-0.15, -0.1) is 22.7 Å².